The molecule has 2 rings (SSSR count). The fourth-order valence-electron chi connectivity index (χ4n) is 2.19. The predicted octanol–water partition coefficient (Wildman–Crippen LogP) is 5.01. The molecule has 0 N–H and O–H groups in total. The summed E-state index contributed by atoms with van der Waals surface area (Å²) in [5.74, 6) is 2.06. The van der Waals surface area contributed by atoms with Gasteiger partial charge in [-0.3, -0.25) is 4.79 Å². The maximum Gasteiger partial charge on any atom is 0.162 e. The zero-order chi connectivity index (χ0) is 15.8. The van der Waals surface area contributed by atoms with Crippen molar-refractivity contribution in [2.75, 3.05) is 12.4 Å². The molecule has 0 aliphatic heterocycles. The Labute approximate surface area is 136 Å². The van der Waals surface area contributed by atoms with Crippen LogP contribution in [0, 0.1) is 0 Å². The lowest BCUT2D eigenvalue weighted by Crippen LogP contribution is -2.02. The van der Waals surface area contributed by atoms with Crippen LogP contribution in [0.3, 0.4) is 0 Å². The SMILES string of the molecule is CCC(=O)c1ccc(SCCOc2ccccc2CC)cc1. The van der Waals surface area contributed by atoms with Crippen molar-refractivity contribution >= 4 is 17.5 Å². The van der Waals surface area contributed by atoms with E-state index in [0.29, 0.717) is 13.0 Å². The Kier molecular flexibility index (Phi) is 6.53. The quantitative estimate of drug-likeness (QED) is 0.389. The zero-order valence-corrected chi connectivity index (χ0v) is 14.0. The van der Waals surface area contributed by atoms with E-state index in [1.54, 1.807) is 11.8 Å². The zero-order valence-electron chi connectivity index (χ0n) is 13.2. The molecule has 0 aliphatic rings. The van der Waals surface area contributed by atoms with Gasteiger partial charge in [0.1, 0.15) is 5.75 Å². The van der Waals surface area contributed by atoms with E-state index < -0.39 is 0 Å². The first kappa shape index (κ1) is 16.6. The number of Topliss-reactive ketones (excluding diaryl/α,β-unsaturated/α-hetero) is 1. The Hall–Kier alpha value is -1.74. The summed E-state index contributed by atoms with van der Waals surface area (Å²) in [6.07, 6.45) is 1.54. The van der Waals surface area contributed by atoms with Crippen LogP contribution in [0.15, 0.2) is 53.4 Å². The van der Waals surface area contributed by atoms with Crippen LogP contribution in [-0.2, 0) is 6.42 Å². The molecule has 0 amide bonds. The predicted molar refractivity (Wildman–Crippen MR) is 93.1 cm³/mol. The molecule has 22 heavy (non-hydrogen) atoms. The molecular weight excluding hydrogens is 292 g/mol. The van der Waals surface area contributed by atoms with Crippen LogP contribution < -0.4 is 4.74 Å². The minimum absolute atomic E-state index is 0.191. The molecule has 0 aromatic heterocycles. The van der Waals surface area contributed by atoms with Gasteiger partial charge in [0.05, 0.1) is 6.61 Å². The molecule has 3 heteroatoms. The molecule has 2 aromatic rings. The van der Waals surface area contributed by atoms with Crippen molar-refractivity contribution in [1.29, 1.82) is 0 Å². The summed E-state index contributed by atoms with van der Waals surface area (Å²) in [5, 5.41) is 0. The molecule has 0 atom stereocenters. The molecule has 2 nitrogen and oxygen atoms in total. The summed E-state index contributed by atoms with van der Waals surface area (Å²) in [6.45, 7) is 4.70. The van der Waals surface area contributed by atoms with Gasteiger partial charge in [0.2, 0.25) is 0 Å². The van der Waals surface area contributed by atoms with Crippen LogP contribution in [0.1, 0.15) is 36.2 Å². The summed E-state index contributed by atoms with van der Waals surface area (Å²) in [6, 6.07) is 16.0. The second-order valence-electron chi connectivity index (χ2n) is 4.96. The van der Waals surface area contributed by atoms with Gasteiger partial charge in [-0.15, -0.1) is 11.8 Å². The van der Waals surface area contributed by atoms with E-state index in [1.165, 1.54) is 10.5 Å². The second-order valence-corrected chi connectivity index (χ2v) is 6.13. The summed E-state index contributed by atoms with van der Waals surface area (Å²) >= 11 is 1.74. The minimum Gasteiger partial charge on any atom is -0.492 e. The summed E-state index contributed by atoms with van der Waals surface area (Å²) in [4.78, 5) is 12.7. The number of para-hydroxylation sites is 1. The smallest absolute Gasteiger partial charge is 0.162 e. The van der Waals surface area contributed by atoms with Crippen LogP contribution in [0.5, 0.6) is 5.75 Å². The van der Waals surface area contributed by atoms with Crippen molar-refractivity contribution in [3.8, 4) is 5.75 Å². The summed E-state index contributed by atoms with van der Waals surface area (Å²) in [7, 11) is 0. The first-order valence-electron chi connectivity index (χ1n) is 7.71. The van der Waals surface area contributed by atoms with Gasteiger partial charge in [-0.2, -0.15) is 0 Å². The second kappa shape index (κ2) is 8.64. The van der Waals surface area contributed by atoms with Gasteiger partial charge in [-0.1, -0.05) is 44.2 Å². The van der Waals surface area contributed by atoms with Crippen LogP contribution >= 0.6 is 11.8 Å². The van der Waals surface area contributed by atoms with E-state index in [0.717, 1.165) is 23.5 Å². The molecule has 0 saturated heterocycles. The highest BCUT2D eigenvalue weighted by atomic mass is 32.2. The molecule has 0 saturated carbocycles. The molecule has 2 aromatic carbocycles. The summed E-state index contributed by atoms with van der Waals surface area (Å²) in [5.41, 5.74) is 2.04. The van der Waals surface area contributed by atoms with Gasteiger partial charge in [-0.25, -0.2) is 0 Å². The Bertz CT molecular complexity index is 605. The minimum atomic E-state index is 0.191. The molecule has 0 bridgehead atoms. The average molecular weight is 314 g/mol. The van der Waals surface area contributed by atoms with Crippen LogP contribution in [0.25, 0.3) is 0 Å². The van der Waals surface area contributed by atoms with E-state index in [9.17, 15) is 4.79 Å². The first-order valence-corrected chi connectivity index (χ1v) is 8.70. The van der Waals surface area contributed by atoms with E-state index >= 15 is 0 Å². The van der Waals surface area contributed by atoms with Crippen LogP contribution in [0.4, 0.5) is 0 Å². The molecule has 0 heterocycles. The highest BCUT2D eigenvalue weighted by Crippen LogP contribution is 2.21. The van der Waals surface area contributed by atoms with Gasteiger partial charge < -0.3 is 4.74 Å². The Morgan fingerprint density at radius 2 is 1.77 bits per heavy atom. The number of hydrogen-bond acceptors (Lipinski definition) is 3. The average Bonchev–Trinajstić information content (AvgIpc) is 2.59. The third-order valence-corrected chi connectivity index (χ3v) is 4.44. The molecule has 0 unspecified atom stereocenters. The monoisotopic (exact) mass is 314 g/mol. The normalized spacial score (nSPS) is 10.5. The maximum absolute atomic E-state index is 11.6. The largest absolute Gasteiger partial charge is 0.492 e. The fourth-order valence-corrected chi connectivity index (χ4v) is 2.92. The van der Waals surface area contributed by atoms with Gasteiger partial charge in [0.15, 0.2) is 5.78 Å². The Balaban J connectivity index is 1.80. The number of benzene rings is 2. The maximum atomic E-state index is 11.6. The number of ether oxygens (including phenoxy) is 1. The highest BCUT2D eigenvalue weighted by molar-refractivity contribution is 7.99. The standard InChI is InChI=1S/C19H22O2S/c1-3-15-7-5-6-8-19(15)21-13-14-22-17-11-9-16(10-12-17)18(20)4-2/h5-12H,3-4,13-14H2,1-2H3. The number of carbonyl (C=O) groups excluding carboxylic acids is 1. The molecule has 0 aliphatic carbocycles. The van der Waals surface area contributed by atoms with Crippen molar-refractivity contribution < 1.29 is 9.53 Å². The Morgan fingerprint density at radius 1 is 1.05 bits per heavy atom. The van der Waals surface area contributed by atoms with Gasteiger partial charge in [0.25, 0.3) is 0 Å². The lowest BCUT2D eigenvalue weighted by Gasteiger charge is -2.10. The fraction of sp³-hybridized carbons (Fsp3) is 0.316. The lowest BCUT2D eigenvalue weighted by atomic mass is 10.1. The van der Waals surface area contributed by atoms with Crippen molar-refractivity contribution in [2.45, 2.75) is 31.6 Å². The lowest BCUT2D eigenvalue weighted by molar-refractivity contribution is 0.0988. The van der Waals surface area contributed by atoms with Crippen LogP contribution in [0.2, 0.25) is 0 Å². The summed E-state index contributed by atoms with van der Waals surface area (Å²) < 4.78 is 5.85. The number of aryl methyl sites for hydroxylation is 1. The third kappa shape index (κ3) is 4.63. The number of carbonyl (C=O) groups is 1. The third-order valence-electron chi connectivity index (χ3n) is 3.46. The molecule has 0 radical (unpaired) electrons. The van der Waals surface area contributed by atoms with Gasteiger partial charge in [0, 0.05) is 22.6 Å². The van der Waals surface area contributed by atoms with E-state index in [4.69, 9.17) is 4.74 Å². The Morgan fingerprint density at radius 3 is 2.45 bits per heavy atom. The van der Waals surface area contributed by atoms with Crippen molar-refractivity contribution in [3.63, 3.8) is 0 Å². The number of ketones is 1. The van der Waals surface area contributed by atoms with E-state index in [2.05, 4.69) is 13.0 Å². The number of thioether (sulfide) groups is 1. The van der Waals surface area contributed by atoms with Crippen molar-refractivity contribution in [2.24, 2.45) is 0 Å². The molecule has 0 spiro atoms. The number of hydrogen-bond donors (Lipinski definition) is 0. The van der Waals surface area contributed by atoms with Crippen LogP contribution in [-0.4, -0.2) is 18.1 Å². The molecule has 116 valence electrons. The number of rotatable bonds is 8. The van der Waals surface area contributed by atoms with Gasteiger partial charge >= 0.3 is 0 Å². The first-order chi connectivity index (χ1) is 10.7. The van der Waals surface area contributed by atoms with Gasteiger partial charge in [-0.05, 0) is 30.2 Å². The van der Waals surface area contributed by atoms with E-state index in [-0.39, 0.29) is 5.78 Å². The topological polar surface area (TPSA) is 26.3 Å². The van der Waals surface area contributed by atoms with E-state index in [1.807, 2.05) is 49.4 Å². The molecule has 0 fully saturated rings. The highest BCUT2D eigenvalue weighted by Gasteiger charge is 2.03. The molecular formula is C19H22O2S. The van der Waals surface area contributed by atoms with Crippen molar-refractivity contribution in [3.05, 3.63) is 59.7 Å². The van der Waals surface area contributed by atoms with Crippen molar-refractivity contribution in [1.82, 2.24) is 0 Å².